The minimum absolute atomic E-state index is 0.275. The van der Waals surface area contributed by atoms with Gasteiger partial charge in [0.15, 0.2) is 0 Å². The van der Waals surface area contributed by atoms with E-state index in [1.54, 1.807) is 12.1 Å². The van der Waals surface area contributed by atoms with Crippen LogP contribution in [-0.2, 0) is 10.2 Å². The van der Waals surface area contributed by atoms with Crippen molar-refractivity contribution in [3.63, 3.8) is 0 Å². The van der Waals surface area contributed by atoms with Crippen LogP contribution in [0.25, 0.3) is 0 Å². The zero-order valence-corrected chi connectivity index (χ0v) is 10.9. The first-order chi connectivity index (χ1) is 8.47. The average molecular weight is 250 g/mol. The van der Waals surface area contributed by atoms with Crippen molar-refractivity contribution in [2.75, 3.05) is 0 Å². The zero-order chi connectivity index (χ0) is 13.3. The molecule has 0 aromatic heterocycles. The summed E-state index contributed by atoms with van der Waals surface area (Å²) in [4.78, 5) is 11.6. The summed E-state index contributed by atoms with van der Waals surface area (Å²) in [6, 6.07) is 4.90. The summed E-state index contributed by atoms with van der Waals surface area (Å²) in [6.07, 6.45) is 2.80. The van der Waals surface area contributed by atoms with E-state index in [4.69, 9.17) is 0 Å². The van der Waals surface area contributed by atoms with E-state index in [1.165, 1.54) is 6.07 Å². The Balaban J connectivity index is 2.54. The van der Waals surface area contributed by atoms with E-state index in [1.807, 2.05) is 13.8 Å². The molecule has 0 radical (unpaired) electrons. The van der Waals surface area contributed by atoms with E-state index < -0.39 is 11.4 Å². The molecule has 98 valence electrons. The van der Waals surface area contributed by atoms with Crippen molar-refractivity contribution < 1.29 is 14.3 Å². The van der Waals surface area contributed by atoms with Gasteiger partial charge in [-0.1, -0.05) is 38.8 Å². The number of carbonyl (C=O) groups is 1. The third-order valence-electron chi connectivity index (χ3n) is 4.04. The fourth-order valence-electron chi connectivity index (χ4n) is 2.85. The average Bonchev–Trinajstić information content (AvgIpc) is 2.79. The van der Waals surface area contributed by atoms with Crippen molar-refractivity contribution >= 4 is 5.97 Å². The van der Waals surface area contributed by atoms with Gasteiger partial charge in [-0.15, -0.1) is 0 Å². The van der Waals surface area contributed by atoms with Gasteiger partial charge >= 0.3 is 5.97 Å². The molecule has 18 heavy (non-hydrogen) atoms. The predicted octanol–water partition coefficient (Wildman–Crippen LogP) is 3.85. The van der Waals surface area contributed by atoms with Crippen molar-refractivity contribution in [3.05, 3.63) is 35.1 Å². The number of aliphatic carboxylic acids is 1. The number of halogens is 1. The van der Waals surface area contributed by atoms with E-state index in [9.17, 15) is 14.3 Å². The van der Waals surface area contributed by atoms with Gasteiger partial charge in [-0.25, -0.2) is 4.39 Å². The normalized spacial score (nSPS) is 18.2. The number of benzene rings is 1. The lowest BCUT2D eigenvalue weighted by molar-refractivity contribution is -0.143. The summed E-state index contributed by atoms with van der Waals surface area (Å²) in [6.45, 7) is 4.05. The maximum absolute atomic E-state index is 14.0. The first kappa shape index (κ1) is 13.1. The molecular weight excluding hydrogens is 231 g/mol. The Morgan fingerprint density at radius 1 is 1.33 bits per heavy atom. The molecule has 0 aliphatic heterocycles. The van der Waals surface area contributed by atoms with Gasteiger partial charge in [0.2, 0.25) is 0 Å². The van der Waals surface area contributed by atoms with Gasteiger partial charge in [0, 0.05) is 5.56 Å². The van der Waals surface area contributed by atoms with Crippen molar-refractivity contribution in [2.24, 2.45) is 0 Å². The highest BCUT2D eigenvalue weighted by molar-refractivity contribution is 5.82. The second-order valence-electron chi connectivity index (χ2n) is 5.49. The SMILES string of the molecule is CC(C)c1ccc(F)c(C2(C(=O)O)CCCC2)c1. The molecule has 0 saturated heterocycles. The molecule has 1 fully saturated rings. The summed E-state index contributed by atoms with van der Waals surface area (Å²) in [5.74, 6) is -1.000. The lowest BCUT2D eigenvalue weighted by atomic mass is 9.77. The first-order valence-electron chi connectivity index (χ1n) is 6.51. The van der Waals surface area contributed by atoms with Crippen molar-refractivity contribution in [1.82, 2.24) is 0 Å². The van der Waals surface area contributed by atoms with E-state index in [0.717, 1.165) is 18.4 Å². The molecule has 0 unspecified atom stereocenters. The van der Waals surface area contributed by atoms with Crippen molar-refractivity contribution in [1.29, 1.82) is 0 Å². The molecule has 0 amide bonds. The second kappa shape index (κ2) is 4.71. The number of carboxylic acid groups (broad SMARTS) is 1. The maximum atomic E-state index is 14.0. The van der Waals surface area contributed by atoms with Crippen LogP contribution in [0.1, 0.15) is 56.6 Å². The summed E-state index contributed by atoms with van der Waals surface area (Å²) in [5, 5.41) is 9.50. The van der Waals surface area contributed by atoms with Crippen LogP contribution in [0.4, 0.5) is 4.39 Å². The van der Waals surface area contributed by atoms with Gasteiger partial charge in [0.25, 0.3) is 0 Å². The van der Waals surface area contributed by atoms with E-state index in [0.29, 0.717) is 18.4 Å². The number of rotatable bonds is 3. The van der Waals surface area contributed by atoms with Crippen LogP contribution in [0, 0.1) is 5.82 Å². The van der Waals surface area contributed by atoms with Crippen LogP contribution in [-0.4, -0.2) is 11.1 Å². The van der Waals surface area contributed by atoms with Gasteiger partial charge in [-0.2, -0.15) is 0 Å². The lowest BCUT2D eigenvalue weighted by Crippen LogP contribution is -2.33. The Hall–Kier alpha value is -1.38. The Bertz CT molecular complexity index is 460. The van der Waals surface area contributed by atoms with Crippen LogP contribution in [0.2, 0.25) is 0 Å². The number of hydrogen-bond acceptors (Lipinski definition) is 1. The Morgan fingerprint density at radius 2 is 1.94 bits per heavy atom. The van der Waals surface area contributed by atoms with Crippen molar-refractivity contribution in [3.8, 4) is 0 Å². The fraction of sp³-hybridized carbons (Fsp3) is 0.533. The topological polar surface area (TPSA) is 37.3 Å². The molecule has 1 aliphatic carbocycles. The molecule has 1 aliphatic rings. The molecule has 3 heteroatoms. The largest absolute Gasteiger partial charge is 0.481 e. The Morgan fingerprint density at radius 3 is 2.44 bits per heavy atom. The van der Waals surface area contributed by atoms with Crippen molar-refractivity contribution in [2.45, 2.75) is 50.9 Å². The molecule has 1 saturated carbocycles. The molecule has 0 bridgehead atoms. The number of carboxylic acids is 1. The van der Waals surface area contributed by atoms with E-state index in [-0.39, 0.29) is 11.7 Å². The quantitative estimate of drug-likeness (QED) is 0.884. The summed E-state index contributed by atoms with van der Waals surface area (Å²) < 4.78 is 14.0. The molecule has 0 atom stereocenters. The Kier molecular flexibility index (Phi) is 3.42. The van der Waals surface area contributed by atoms with Gasteiger partial charge in [-0.05, 0) is 30.4 Å². The standard InChI is InChI=1S/C15H19FO2/c1-10(2)11-5-6-13(16)12(9-11)15(14(17)18)7-3-4-8-15/h5-6,9-10H,3-4,7-8H2,1-2H3,(H,17,18). The molecule has 1 aromatic rings. The molecule has 1 N–H and O–H groups in total. The van der Waals surface area contributed by atoms with Gasteiger partial charge in [0.1, 0.15) is 5.82 Å². The smallest absolute Gasteiger partial charge is 0.314 e. The fourth-order valence-corrected chi connectivity index (χ4v) is 2.85. The zero-order valence-electron chi connectivity index (χ0n) is 10.9. The molecule has 0 heterocycles. The van der Waals surface area contributed by atoms with E-state index >= 15 is 0 Å². The highest BCUT2D eigenvalue weighted by Gasteiger charge is 2.44. The van der Waals surface area contributed by atoms with Crippen LogP contribution in [0.15, 0.2) is 18.2 Å². The van der Waals surface area contributed by atoms with Crippen LogP contribution in [0.5, 0.6) is 0 Å². The monoisotopic (exact) mass is 250 g/mol. The first-order valence-corrected chi connectivity index (χ1v) is 6.51. The molecular formula is C15H19FO2. The summed E-state index contributed by atoms with van der Waals surface area (Å²) in [7, 11) is 0. The lowest BCUT2D eigenvalue weighted by Gasteiger charge is -2.26. The van der Waals surface area contributed by atoms with Crippen LogP contribution >= 0.6 is 0 Å². The maximum Gasteiger partial charge on any atom is 0.314 e. The third-order valence-corrected chi connectivity index (χ3v) is 4.04. The van der Waals surface area contributed by atoms with Gasteiger partial charge in [0.05, 0.1) is 5.41 Å². The highest BCUT2D eigenvalue weighted by Crippen LogP contribution is 2.43. The van der Waals surface area contributed by atoms with Crippen LogP contribution < -0.4 is 0 Å². The minimum Gasteiger partial charge on any atom is -0.481 e. The molecule has 1 aromatic carbocycles. The summed E-state index contributed by atoms with van der Waals surface area (Å²) in [5.41, 5.74) is 0.368. The number of hydrogen-bond donors (Lipinski definition) is 1. The van der Waals surface area contributed by atoms with E-state index in [2.05, 4.69) is 0 Å². The second-order valence-corrected chi connectivity index (χ2v) is 5.49. The minimum atomic E-state index is -1.00. The van der Waals surface area contributed by atoms with Gasteiger partial charge in [-0.3, -0.25) is 4.79 Å². The molecule has 2 nitrogen and oxygen atoms in total. The van der Waals surface area contributed by atoms with Gasteiger partial charge < -0.3 is 5.11 Å². The van der Waals surface area contributed by atoms with Crippen LogP contribution in [0.3, 0.4) is 0 Å². The predicted molar refractivity (Wildman–Crippen MR) is 68.3 cm³/mol. The molecule has 0 spiro atoms. The highest BCUT2D eigenvalue weighted by atomic mass is 19.1. The Labute approximate surface area is 107 Å². The summed E-state index contributed by atoms with van der Waals surface area (Å²) >= 11 is 0. The third kappa shape index (κ3) is 2.02. The molecule has 2 rings (SSSR count).